The molecule has 0 heterocycles. The zero-order chi connectivity index (χ0) is 20.1. The second-order valence-corrected chi connectivity index (χ2v) is 8.87. The van der Waals surface area contributed by atoms with E-state index in [0.29, 0.717) is 11.3 Å². The molecule has 6 nitrogen and oxygen atoms in total. The fourth-order valence-corrected chi connectivity index (χ4v) is 4.56. The van der Waals surface area contributed by atoms with Crippen LogP contribution in [0.2, 0.25) is 5.02 Å². The van der Waals surface area contributed by atoms with Crippen LogP contribution in [0.25, 0.3) is 0 Å². The molecule has 2 N–H and O–H groups in total. The van der Waals surface area contributed by atoms with E-state index in [1.807, 2.05) is 0 Å². The van der Waals surface area contributed by atoms with Crippen LogP contribution in [0.3, 0.4) is 0 Å². The molecule has 0 saturated heterocycles. The second-order valence-electron chi connectivity index (χ2n) is 6.78. The van der Waals surface area contributed by atoms with Crippen LogP contribution in [-0.2, 0) is 10.0 Å². The first-order valence-electron chi connectivity index (χ1n) is 9.16. The molecule has 2 aromatic carbocycles. The molecular formula is C20H23ClN2O4S. The van der Waals surface area contributed by atoms with Crippen LogP contribution in [-0.4, -0.2) is 27.5 Å². The number of nitrogens with one attached hydrogen (secondary N) is 2. The first kappa shape index (κ1) is 20.5. The van der Waals surface area contributed by atoms with E-state index in [2.05, 4.69) is 10.0 Å². The molecular weight excluding hydrogens is 400 g/mol. The summed E-state index contributed by atoms with van der Waals surface area (Å²) in [6.45, 7) is 0. The maximum absolute atomic E-state index is 12.5. The Kier molecular flexibility index (Phi) is 6.46. The molecule has 2 aromatic rings. The number of benzene rings is 2. The SMILES string of the molecule is COc1ccc(S(=O)(=O)Nc2ccc(C(=O)NC3CCCCC3)c(Cl)c2)cc1. The lowest BCUT2D eigenvalue weighted by Gasteiger charge is -2.23. The molecule has 1 fully saturated rings. The van der Waals surface area contributed by atoms with Gasteiger partial charge in [-0.1, -0.05) is 30.9 Å². The van der Waals surface area contributed by atoms with Gasteiger partial charge < -0.3 is 10.1 Å². The fraction of sp³-hybridized carbons (Fsp3) is 0.350. The summed E-state index contributed by atoms with van der Waals surface area (Å²) >= 11 is 6.24. The summed E-state index contributed by atoms with van der Waals surface area (Å²) in [5, 5.41) is 3.20. The van der Waals surface area contributed by atoms with Crippen LogP contribution in [0.4, 0.5) is 5.69 Å². The van der Waals surface area contributed by atoms with E-state index in [4.69, 9.17) is 16.3 Å². The molecule has 150 valence electrons. The van der Waals surface area contributed by atoms with Gasteiger partial charge in [-0.3, -0.25) is 9.52 Å². The zero-order valence-corrected chi connectivity index (χ0v) is 17.1. The van der Waals surface area contributed by atoms with Crippen molar-refractivity contribution < 1.29 is 17.9 Å². The zero-order valence-electron chi connectivity index (χ0n) is 15.6. The molecule has 1 aliphatic carbocycles. The van der Waals surface area contributed by atoms with Gasteiger partial charge in [-0.25, -0.2) is 8.42 Å². The van der Waals surface area contributed by atoms with Crippen molar-refractivity contribution >= 4 is 33.2 Å². The number of halogens is 1. The Morgan fingerprint density at radius 3 is 2.36 bits per heavy atom. The molecule has 1 amide bonds. The Bertz CT molecular complexity index is 939. The number of anilines is 1. The number of amides is 1. The standard InChI is InChI=1S/C20H23ClN2O4S/c1-27-16-8-10-17(11-9-16)28(25,26)23-15-7-12-18(19(21)13-15)20(24)22-14-5-3-2-4-6-14/h7-14,23H,2-6H2,1H3,(H,22,24). The highest BCUT2D eigenvalue weighted by atomic mass is 35.5. The molecule has 0 aliphatic heterocycles. The third kappa shape index (κ3) is 4.97. The van der Waals surface area contributed by atoms with Crippen molar-refractivity contribution in [2.24, 2.45) is 0 Å². The number of carbonyl (C=O) groups is 1. The maximum atomic E-state index is 12.5. The minimum absolute atomic E-state index is 0.101. The van der Waals surface area contributed by atoms with Gasteiger partial charge in [0.05, 0.1) is 28.3 Å². The van der Waals surface area contributed by atoms with Gasteiger partial charge >= 0.3 is 0 Å². The number of rotatable bonds is 6. The molecule has 28 heavy (non-hydrogen) atoms. The first-order valence-corrected chi connectivity index (χ1v) is 11.0. The molecule has 0 unspecified atom stereocenters. The maximum Gasteiger partial charge on any atom is 0.261 e. The second kappa shape index (κ2) is 8.84. The van der Waals surface area contributed by atoms with Gasteiger partial charge in [-0.2, -0.15) is 0 Å². The van der Waals surface area contributed by atoms with Crippen LogP contribution >= 0.6 is 11.6 Å². The Morgan fingerprint density at radius 1 is 1.07 bits per heavy atom. The number of hydrogen-bond acceptors (Lipinski definition) is 4. The van der Waals surface area contributed by atoms with Crippen molar-refractivity contribution in [2.75, 3.05) is 11.8 Å². The summed E-state index contributed by atoms with van der Waals surface area (Å²) in [6.07, 6.45) is 5.39. The largest absolute Gasteiger partial charge is 0.497 e. The number of carbonyl (C=O) groups excluding carboxylic acids is 1. The average molecular weight is 423 g/mol. The van der Waals surface area contributed by atoms with Gasteiger partial charge in [-0.15, -0.1) is 0 Å². The fourth-order valence-electron chi connectivity index (χ4n) is 3.24. The predicted molar refractivity (Wildman–Crippen MR) is 110 cm³/mol. The minimum Gasteiger partial charge on any atom is -0.497 e. The van der Waals surface area contributed by atoms with E-state index < -0.39 is 10.0 Å². The van der Waals surface area contributed by atoms with E-state index in [-0.39, 0.29) is 27.6 Å². The summed E-state index contributed by atoms with van der Waals surface area (Å²) in [4.78, 5) is 12.6. The third-order valence-corrected chi connectivity index (χ3v) is 6.49. The lowest BCUT2D eigenvalue weighted by Crippen LogP contribution is -2.36. The van der Waals surface area contributed by atoms with Crippen molar-refractivity contribution in [3.63, 3.8) is 0 Å². The summed E-state index contributed by atoms with van der Waals surface area (Å²) in [5.74, 6) is 0.330. The highest BCUT2D eigenvalue weighted by Crippen LogP contribution is 2.25. The molecule has 1 aliphatic rings. The minimum atomic E-state index is -3.78. The van der Waals surface area contributed by atoms with E-state index in [0.717, 1.165) is 25.7 Å². The molecule has 0 aromatic heterocycles. The number of ether oxygens (including phenoxy) is 1. The van der Waals surface area contributed by atoms with Crippen LogP contribution in [0, 0.1) is 0 Å². The van der Waals surface area contributed by atoms with Gasteiger partial charge in [0.25, 0.3) is 15.9 Å². The highest BCUT2D eigenvalue weighted by Gasteiger charge is 2.19. The Hall–Kier alpha value is -2.25. The van der Waals surface area contributed by atoms with Gasteiger partial charge in [0, 0.05) is 6.04 Å². The Morgan fingerprint density at radius 2 is 1.75 bits per heavy atom. The Labute approximate surface area is 170 Å². The predicted octanol–water partition coefficient (Wildman–Crippen LogP) is 4.21. The van der Waals surface area contributed by atoms with Crippen molar-refractivity contribution in [2.45, 2.75) is 43.0 Å². The quantitative estimate of drug-likeness (QED) is 0.730. The average Bonchev–Trinajstić information content (AvgIpc) is 2.68. The molecule has 1 saturated carbocycles. The van der Waals surface area contributed by atoms with Gasteiger partial charge in [-0.05, 0) is 55.3 Å². The summed E-state index contributed by atoms with van der Waals surface area (Å²) in [7, 11) is -2.27. The van der Waals surface area contributed by atoms with E-state index in [1.54, 1.807) is 12.1 Å². The summed E-state index contributed by atoms with van der Waals surface area (Å²) < 4.78 is 32.6. The van der Waals surface area contributed by atoms with Gasteiger partial charge in [0.1, 0.15) is 5.75 Å². The topological polar surface area (TPSA) is 84.5 Å². The summed E-state index contributed by atoms with van der Waals surface area (Å²) in [5.41, 5.74) is 0.620. The normalized spacial score (nSPS) is 15.1. The van der Waals surface area contributed by atoms with Crippen LogP contribution in [0.15, 0.2) is 47.4 Å². The van der Waals surface area contributed by atoms with E-state index in [9.17, 15) is 13.2 Å². The molecule has 0 bridgehead atoms. The summed E-state index contributed by atoms with van der Waals surface area (Å²) in [6, 6.07) is 10.7. The third-order valence-electron chi connectivity index (χ3n) is 4.78. The monoisotopic (exact) mass is 422 g/mol. The first-order chi connectivity index (χ1) is 13.4. The highest BCUT2D eigenvalue weighted by molar-refractivity contribution is 7.92. The lowest BCUT2D eigenvalue weighted by atomic mass is 9.95. The molecule has 8 heteroatoms. The van der Waals surface area contributed by atoms with Crippen LogP contribution in [0.1, 0.15) is 42.5 Å². The van der Waals surface area contributed by atoms with E-state index >= 15 is 0 Å². The van der Waals surface area contributed by atoms with Crippen LogP contribution < -0.4 is 14.8 Å². The lowest BCUT2D eigenvalue weighted by molar-refractivity contribution is 0.0928. The Balaban J connectivity index is 1.71. The van der Waals surface area contributed by atoms with Crippen molar-refractivity contribution in [1.29, 1.82) is 0 Å². The van der Waals surface area contributed by atoms with Crippen molar-refractivity contribution in [3.8, 4) is 5.75 Å². The molecule has 0 atom stereocenters. The van der Waals surface area contributed by atoms with Crippen molar-refractivity contribution in [3.05, 3.63) is 53.1 Å². The number of sulfonamides is 1. The number of hydrogen-bond donors (Lipinski definition) is 2. The van der Waals surface area contributed by atoms with Crippen LogP contribution in [0.5, 0.6) is 5.75 Å². The van der Waals surface area contributed by atoms with E-state index in [1.165, 1.54) is 43.9 Å². The smallest absolute Gasteiger partial charge is 0.261 e. The molecule has 0 radical (unpaired) electrons. The van der Waals surface area contributed by atoms with Gasteiger partial charge in [0.2, 0.25) is 0 Å². The molecule has 3 rings (SSSR count). The van der Waals surface area contributed by atoms with Gasteiger partial charge in [0.15, 0.2) is 0 Å². The number of methoxy groups -OCH3 is 1. The van der Waals surface area contributed by atoms with Crippen molar-refractivity contribution in [1.82, 2.24) is 5.32 Å². The molecule has 0 spiro atoms.